The van der Waals surface area contributed by atoms with Crippen molar-refractivity contribution in [2.24, 2.45) is 5.73 Å². The Kier molecular flexibility index (Phi) is 4.70. The van der Waals surface area contributed by atoms with Crippen molar-refractivity contribution in [2.45, 2.75) is 62.9 Å². The molecule has 1 atom stereocenters. The van der Waals surface area contributed by atoms with E-state index in [1.807, 2.05) is 6.20 Å². The zero-order chi connectivity index (χ0) is 13.3. The third-order valence-corrected chi connectivity index (χ3v) is 4.54. The number of nitrogens with zero attached hydrogens (tertiary/aromatic N) is 1. The van der Waals surface area contributed by atoms with Crippen LogP contribution < -0.4 is 11.1 Å². The Morgan fingerprint density at radius 3 is 2.85 bits per heavy atom. The maximum absolute atomic E-state index is 12.4. The van der Waals surface area contributed by atoms with Crippen LogP contribution in [0.2, 0.25) is 0 Å². The fourth-order valence-electron chi connectivity index (χ4n) is 3.32. The van der Waals surface area contributed by atoms with E-state index in [9.17, 15) is 4.79 Å². The van der Waals surface area contributed by atoms with Gasteiger partial charge in [-0.15, -0.1) is 12.4 Å². The van der Waals surface area contributed by atoms with Crippen LogP contribution in [-0.2, 0) is 11.2 Å². The van der Waals surface area contributed by atoms with Gasteiger partial charge in [0.1, 0.15) is 0 Å². The molecule has 0 spiro atoms. The lowest BCUT2D eigenvalue weighted by molar-refractivity contribution is -0.128. The third-order valence-electron chi connectivity index (χ3n) is 4.54. The van der Waals surface area contributed by atoms with Crippen LogP contribution in [0.5, 0.6) is 0 Å². The number of aromatic nitrogens is 2. The van der Waals surface area contributed by atoms with E-state index in [1.165, 1.54) is 12.0 Å². The summed E-state index contributed by atoms with van der Waals surface area (Å²) in [5.41, 5.74) is 7.92. The number of rotatable bonds is 2. The Hall–Kier alpha value is -1.07. The van der Waals surface area contributed by atoms with E-state index < -0.39 is 5.54 Å². The molecule has 1 saturated carbocycles. The number of hydrogen-bond acceptors (Lipinski definition) is 3. The van der Waals surface area contributed by atoms with Gasteiger partial charge in [0.15, 0.2) is 0 Å². The smallest absolute Gasteiger partial charge is 0.240 e. The Morgan fingerprint density at radius 2 is 2.10 bits per heavy atom. The number of halogens is 1. The molecule has 1 aromatic rings. The molecule has 3 rings (SSSR count). The lowest BCUT2D eigenvalue weighted by Crippen LogP contribution is -2.55. The highest BCUT2D eigenvalue weighted by Gasteiger charge is 2.37. The molecule has 2 aliphatic carbocycles. The van der Waals surface area contributed by atoms with Gasteiger partial charge in [-0.1, -0.05) is 19.3 Å². The number of aryl methyl sites for hydroxylation is 1. The number of amides is 1. The molecule has 4 N–H and O–H groups in total. The summed E-state index contributed by atoms with van der Waals surface area (Å²) >= 11 is 0. The van der Waals surface area contributed by atoms with Crippen molar-refractivity contribution in [1.29, 1.82) is 0 Å². The fraction of sp³-hybridized carbons (Fsp3) is 0.714. The molecule has 1 aromatic heterocycles. The summed E-state index contributed by atoms with van der Waals surface area (Å²) < 4.78 is 0. The number of hydrogen-bond donors (Lipinski definition) is 3. The standard InChI is InChI=1S/C14H22N4O.ClH/c15-14(7-2-1-3-8-14)13(19)17-11-6-4-5-10-9-16-18-12(10)11;/h9,11H,1-8,15H2,(H,16,18)(H,17,19);1H. The SMILES string of the molecule is Cl.NC1(C(=O)NC2CCCc3cn[nH]c32)CCCCC1. The largest absolute Gasteiger partial charge is 0.346 e. The minimum atomic E-state index is -0.657. The summed E-state index contributed by atoms with van der Waals surface area (Å²) in [6.45, 7) is 0. The van der Waals surface area contributed by atoms with E-state index in [2.05, 4.69) is 15.5 Å². The first-order valence-corrected chi connectivity index (χ1v) is 7.31. The molecule has 1 fully saturated rings. The summed E-state index contributed by atoms with van der Waals surface area (Å²) in [6, 6.07) is 0.0566. The van der Waals surface area contributed by atoms with E-state index in [-0.39, 0.29) is 24.4 Å². The molecule has 1 heterocycles. The van der Waals surface area contributed by atoms with Gasteiger partial charge in [0.05, 0.1) is 23.5 Å². The number of fused-ring (bicyclic) bond motifs is 1. The minimum Gasteiger partial charge on any atom is -0.346 e. The summed E-state index contributed by atoms with van der Waals surface area (Å²) in [4.78, 5) is 12.4. The molecule has 1 unspecified atom stereocenters. The lowest BCUT2D eigenvalue weighted by Gasteiger charge is -2.34. The summed E-state index contributed by atoms with van der Waals surface area (Å²) in [7, 11) is 0. The van der Waals surface area contributed by atoms with Crippen LogP contribution in [0.4, 0.5) is 0 Å². The topological polar surface area (TPSA) is 83.8 Å². The van der Waals surface area contributed by atoms with Crippen LogP contribution in [0.25, 0.3) is 0 Å². The summed E-state index contributed by atoms with van der Waals surface area (Å²) in [6.07, 6.45) is 9.90. The number of H-pyrrole nitrogens is 1. The van der Waals surface area contributed by atoms with Crippen molar-refractivity contribution in [3.63, 3.8) is 0 Å². The fourth-order valence-corrected chi connectivity index (χ4v) is 3.32. The van der Waals surface area contributed by atoms with Crippen LogP contribution in [0.15, 0.2) is 6.20 Å². The lowest BCUT2D eigenvalue weighted by atomic mass is 9.81. The molecular formula is C14H23ClN4O. The highest BCUT2D eigenvalue weighted by Crippen LogP contribution is 2.30. The van der Waals surface area contributed by atoms with Gasteiger partial charge in [0.25, 0.3) is 0 Å². The van der Waals surface area contributed by atoms with Gasteiger partial charge < -0.3 is 11.1 Å². The second kappa shape index (κ2) is 6.14. The Labute approximate surface area is 125 Å². The molecule has 0 bridgehead atoms. The molecule has 0 radical (unpaired) electrons. The molecule has 6 heteroatoms. The van der Waals surface area contributed by atoms with Crippen molar-refractivity contribution in [3.05, 3.63) is 17.5 Å². The quantitative estimate of drug-likeness (QED) is 0.780. The van der Waals surface area contributed by atoms with Gasteiger partial charge in [-0.3, -0.25) is 9.89 Å². The predicted molar refractivity (Wildman–Crippen MR) is 79.7 cm³/mol. The second-order valence-corrected chi connectivity index (χ2v) is 5.94. The third kappa shape index (κ3) is 2.83. The first-order chi connectivity index (χ1) is 9.19. The van der Waals surface area contributed by atoms with Crippen LogP contribution in [0.3, 0.4) is 0 Å². The maximum Gasteiger partial charge on any atom is 0.240 e. The van der Waals surface area contributed by atoms with Crippen molar-refractivity contribution in [1.82, 2.24) is 15.5 Å². The number of nitrogens with one attached hydrogen (secondary N) is 2. The molecule has 0 aliphatic heterocycles. The molecule has 0 saturated heterocycles. The van der Waals surface area contributed by atoms with Crippen LogP contribution >= 0.6 is 12.4 Å². The Balaban J connectivity index is 0.00000147. The summed E-state index contributed by atoms with van der Waals surface area (Å²) in [5.74, 6) is 0.0136. The molecule has 1 amide bonds. The first kappa shape index (κ1) is 15.3. The molecule has 0 aromatic carbocycles. The zero-order valence-electron chi connectivity index (χ0n) is 11.7. The molecule has 5 nitrogen and oxygen atoms in total. The maximum atomic E-state index is 12.4. The molecule has 112 valence electrons. The van der Waals surface area contributed by atoms with E-state index in [4.69, 9.17) is 5.73 Å². The van der Waals surface area contributed by atoms with Gasteiger partial charge in [0.2, 0.25) is 5.91 Å². The van der Waals surface area contributed by atoms with Gasteiger partial charge in [-0.05, 0) is 37.7 Å². The van der Waals surface area contributed by atoms with Crippen molar-refractivity contribution in [2.75, 3.05) is 0 Å². The highest BCUT2D eigenvalue weighted by atomic mass is 35.5. The second-order valence-electron chi connectivity index (χ2n) is 5.94. The monoisotopic (exact) mass is 298 g/mol. The predicted octanol–water partition coefficient (Wildman–Crippen LogP) is 1.99. The Morgan fingerprint density at radius 1 is 1.35 bits per heavy atom. The average molecular weight is 299 g/mol. The van der Waals surface area contributed by atoms with E-state index in [0.29, 0.717) is 0 Å². The molecular weight excluding hydrogens is 276 g/mol. The summed E-state index contributed by atoms with van der Waals surface area (Å²) in [5, 5.41) is 10.2. The normalized spacial score (nSPS) is 24.4. The number of nitrogens with two attached hydrogens (primary N) is 1. The minimum absolute atomic E-state index is 0. The van der Waals surface area contributed by atoms with E-state index in [1.54, 1.807) is 0 Å². The average Bonchev–Trinajstić information content (AvgIpc) is 2.89. The zero-order valence-corrected chi connectivity index (χ0v) is 12.5. The van der Waals surface area contributed by atoms with Gasteiger partial charge in [-0.2, -0.15) is 5.10 Å². The highest BCUT2D eigenvalue weighted by molar-refractivity contribution is 5.86. The number of carbonyl (C=O) groups excluding carboxylic acids is 1. The van der Waals surface area contributed by atoms with Crippen molar-refractivity contribution >= 4 is 18.3 Å². The van der Waals surface area contributed by atoms with Gasteiger partial charge in [-0.25, -0.2) is 0 Å². The van der Waals surface area contributed by atoms with Crippen molar-refractivity contribution < 1.29 is 4.79 Å². The number of aromatic amines is 1. The van der Waals surface area contributed by atoms with E-state index in [0.717, 1.165) is 50.6 Å². The van der Waals surface area contributed by atoms with Crippen molar-refractivity contribution in [3.8, 4) is 0 Å². The van der Waals surface area contributed by atoms with Gasteiger partial charge >= 0.3 is 0 Å². The molecule has 20 heavy (non-hydrogen) atoms. The van der Waals surface area contributed by atoms with Gasteiger partial charge in [0, 0.05) is 0 Å². The number of carbonyl (C=O) groups is 1. The molecule has 2 aliphatic rings. The van der Waals surface area contributed by atoms with Crippen LogP contribution in [-0.4, -0.2) is 21.6 Å². The van der Waals surface area contributed by atoms with Crippen LogP contribution in [0, 0.1) is 0 Å². The van der Waals surface area contributed by atoms with E-state index >= 15 is 0 Å². The Bertz CT molecular complexity index is 467. The first-order valence-electron chi connectivity index (χ1n) is 7.31. The van der Waals surface area contributed by atoms with Crippen LogP contribution in [0.1, 0.15) is 62.2 Å².